The Bertz CT molecular complexity index is 866. The molecule has 1 aromatic heterocycles. The summed E-state index contributed by atoms with van der Waals surface area (Å²) in [5, 5.41) is 23.4. The molecule has 1 heterocycles. The number of hydrogen-bond donors (Lipinski definition) is 0. The summed E-state index contributed by atoms with van der Waals surface area (Å²) >= 11 is 1.36. The van der Waals surface area contributed by atoms with Gasteiger partial charge in [0, 0.05) is 17.4 Å². The molecular weight excluding hydrogens is 342 g/mol. The lowest BCUT2D eigenvalue weighted by Crippen LogP contribution is -2.04. The third-order valence-corrected chi connectivity index (χ3v) is 4.54. The van der Waals surface area contributed by atoms with Gasteiger partial charge in [-0.05, 0) is 28.1 Å². The van der Waals surface area contributed by atoms with Gasteiger partial charge in [-0.15, -0.1) is 5.10 Å². The van der Waals surface area contributed by atoms with Crippen LogP contribution >= 0.6 is 11.8 Å². The molecule has 8 nitrogen and oxygen atoms in total. The summed E-state index contributed by atoms with van der Waals surface area (Å²) in [5.74, 6) is 1.20. The fraction of sp³-hybridized carbons (Fsp3) is 0.188. The summed E-state index contributed by atoms with van der Waals surface area (Å²) < 4.78 is 6.81. The molecule has 0 radical (unpaired) electrons. The zero-order valence-electron chi connectivity index (χ0n) is 13.4. The number of nitro groups is 1. The van der Waals surface area contributed by atoms with Crippen molar-refractivity contribution >= 4 is 17.4 Å². The Hall–Kier alpha value is -2.94. The molecule has 0 atom stereocenters. The second-order valence-electron chi connectivity index (χ2n) is 5.14. The second-order valence-corrected chi connectivity index (χ2v) is 6.08. The molecule has 3 aromatic rings. The molecule has 0 saturated carbocycles. The van der Waals surface area contributed by atoms with Crippen LogP contribution in [-0.4, -0.2) is 32.2 Å². The molecule has 0 bridgehead atoms. The topological polar surface area (TPSA) is 96.0 Å². The number of nitro benzene ring substituents is 1. The highest BCUT2D eigenvalue weighted by molar-refractivity contribution is 7.98. The Kier molecular flexibility index (Phi) is 5.24. The SMILES string of the molecule is COc1ccc(Cn2nnnc2SCc2ccccc2[N+](=O)[O-])cc1. The molecule has 0 amide bonds. The first-order valence-electron chi connectivity index (χ1n) is 7.41. The van der Waals surface area contributed by atoms with Crippen molar-refractivity contribution in [3.63, 3.8) is 0 Å². The average molecular weight is 357 g/mol. The van der Waals surface area contributed by atoms with E-state index in [1.54, 1.807) is 30.0 Å². The monoisotopic (exact) mass is 357 g/mol. The van der Waals surface area contributed by atoms with E-state index in [9.17, 15) is 10.1 Å². The lowest BCUT2D eigenvalue weighted by atomic mass is 10.2. The molecule has 0 aliphatic carbocycles. The van der Waals surface area contributed by atoms with E-state index in [1.807, 2.05) is 24.3 Å². The number of para-hydroxylation sites is 1. The first-order valence-corrected chi connectivity index (χ1v) is 8.40. The molecule has 0 saturated heterocycles. The maximum absolute atomic E-state index is 11.1. The van der Waals surface area contributed by atoms with Gasteiger partial charge in [0.1, 0.15) is 5.75 Å². The van der Waals surface area contributed by atoms with Gasteiger partial charge in [-0.1, -0.05) is 42.1 Å². The summed E-state index contributed by atoms with van der Waals surface area (Å²) in [7, 11) is 1.62. The molecular formula is C16H15N5O3S. The number of tetrazole rings is 1. The van der Waals surface area contributed by atoms with Crippen LogP contribution in [0.5, 0.6) is 5.75 Å². The van der Waals surface area contributed by atoms with Gasteiger partial charge in [0.15, 0.2) is 0 Å². The zero-order valence-corrected chi connectivity index (χ0v) is 14.2. The van der Waals surface area contributed by atoms with Gasteiger partial charge in [-0.3, -0.25) is 10.1 Å². The van der Waals surface area contributed by atoms with Gasteiger partial charge in [-0.25, -0.2) is 4.68 Å². The largest absolute Gasteiger partial charge is 0.497 e. The van der Waals surface area contributed by atoms with Crippen molar-refractivity contribution in [1.82, 2.24) is 20.2 Å². The van der Waals surface area contributed by atoms with E-state index in [4.69, 9.17) is 4.74 Å². The number of ether oxygens (including phenoxy) is 1. The van der Waals surface area contributed by atoms with Crippen LogP contribution < -0.4 is 4.74 Å². The molecule has 3 rings (SSSR count). The van der Waals surface area contributed by atoms with Crippen molar-refractivity contribution in [2.45, 2.75) is 17.5 Å². The lowest BCUT2D eigenvalue weighted by molar-refractivity contribution is -0.385. The van der Waals surface area contributed by atoms with Crippen molar-refractivity contribution in [2.24, 2.45) is 0 Å². The van der Waals surface area contributed by atoms with Crippen LogP contribution in [0.3, 0.4) is 0 Å². The number of thioether (sulfide) groups is 1. The van der Waals surface area contributed by atoms with Crippen LogP contribution in [0.4, 0.5) is 5.69 Å². The van der Waals surface area contributed by atoms with Gasteiger partial charge in [-0.2, -0.15) is 0 Å². The molecule has 0 aliphatic rings. The number of nitrogens with zero attached hydrogens (tertiary/aromatic N) is 5. The third-order valence-electron chi connectivity index (χ3n) is 3.54. The van der Waals surface area contributed by atoms with Crippen LogP contribution in [0.2, 0.25) is 0 Å². The van der Waals surface area contributed by atoms with E-state index in [1.165, 1.54) is 17.8 Å². The molecule has 9 heteroatoms. The van der Waals surface area contributed by atoms with Crippen molar-refractivity contribution in [3.8, 4) is 5.75 Å². The molecule has 25 heavy (non-hydrogen) atoms. The van der Waals surface area contributed by atoms with E-state index in [2.05, 4.69) is 15.5 Å². The Morgan fingerprint density at radius 1 is 1.20 bits per heavy atom. The lowest BCUT2D eigenvalue weighted by Gasteiger charge is -2.06. The molecule has 0 aliphatic heterocycles. The number of hydrogen-bond acceptors (Lipinski definition) is 7. The predicted octanol–water partition coefficient (Wildman–Crippen LogP) is 2.93. The summed E-state index contributed by atoms with van der Waals surface area (Å²) in [5.41, 5.74) is 1.77. The van der Waals surface area contributed by atoms with E-state index in [-0.39, 0.29) is 10.6 Å². The summed E-state index contributed by atoms with van der Waals surface area (Å²) in [6.07, 6.45) is 0. The highest BCUT2D eigenvalue weighted by Crippen LogP contribution is 2.26. The minimum atomic E-state index is -0.379. The molecule has 0 fully saturated rings. The number of benzene rings is 2. The molecule has 0 spiro atoms. The quantitative estimate of drug-likeness (QED) is 0.364. The normalized spacial score (nSPS) is 10.6. The average Bonchev–Trinajstić information content (AvgIpc) is 3.08. The van der Waals surface area contributed by atoms with Crippen molar-refractivity contribution in [1.29, 1.82) is 0 Å². The number of methoxy groups -OCH3 is 1. The van der Waals surface area contributed by atoms with E-state index < -0.39 is 0 Å². The summed E-state index contributed by atoms with van der Waals surface area (Å²) in [6.45, 7) is 0.510. The summed E-state index contributed by atoms with van der Waals surface area (Å²) in [4.78, 5) is 10.7. The van der Waals surface area contributed by atoms with Gasteiger partial charge >= 0.3 is 0 Å². The number of rotatable bonds is 7. The third kappa shape index (κ3) is 4.13. The highest BCUT2D eigenvalue weighted by Gasteiger charge is 2.14. The van der Waals surface area contributed by atoms with Crippen molar-refractivity contribution in [3.05, 3.63) is 69.8 Å². The second kappa shape index (κ2) is 7.75. The standard InChI is InChI=1S/C16H15N5O3S/c1-24-14-8-6-12(7-9-14)10-20-16(17-18-19-20)25-11-13-4-2-3-5-15(13)21(22)23/h2-9H,10-11H2,1H3. The Balaban J connectivity index is 1.71. The van der Waals surface area contributed by atoms with Crippen molar-refractivity contribution < 1.29 is 9.66 Å². The van der Waals surface area contributed by atoms with Gasteiger partial charge in [0.05, 0.1) is 18.6 Å². The molecule has 0 unspecified atom stereocenters. The van der Waals surface area contributed by atoms with Gasteiger partial charge < -0.3 is 4.74 Å². The maximum atomic E-state index is 11.1. The summed E-state index contributed by atoms with van der Waals surface area (Å²) in [6, 6.07) is 14.3. The Labute approximate surface area is 148 Å². The van der Waals surface area contributed by atoms with Gasteiger partial charge in [0.2, 0.25) is 5.16 Å². The fourth-order valence-electron chi connectivity index (χ4n) is 2.26. The van der Waals surface area contributed by atoms with Crippen molar-refractivity contribution in [2.75, 3.05) is 7.11 Å². The smallest absolute Gasteiger partial charge is 0.273 e. The molecule has 0 N–H and O–H groups in total. The van der Waals surface area contributed by atoms with Crippen LogP contribution in [0.15, 0.2) is 53.7 Å². The molecule has 128 valence electrons. The molecule has 2 aromatic carbocycles. The number of aromatic nitrogens is 4. The van der Waals surface area contributed by atoms with E-state index >= 15 is 0 Å². The minimum absolute atomic E-state index is 0.101. The first-order chi connectivity index (χ1) is 12.2. The zero-order chi connectivity index (χ0) is 17.6. The maximum Gasteiger partial charge on any atom is 0.273 e. The minimum Gasteiger partial charge on any atom is -0.497 e. The van der Waals surface area contributed by atoms with Crippen LogP contribution in [0.25, 0.3) is 0 Å². The highest BCUT2D eigenvalue weighted by atomic mass is 32.2. The Morgan fingerprint density at radius 2 is 1.96 bits per heavy atom. The fourth-order valence-corrected chi connectivity index (χ4v) is 3.13. The van der Waals surface area contributed by atoms with E-state index in [0.29, 0.717) is 23.0 Å². The predicted molar refractivity (Wildman–Crippen MR) is 92.6 cm³/mol. The van der Waals surface area contributed by atoms with Crippen LogP contribution in [-0.2, 0) is 12.3 Å². The van der Waals surface area contributed by atoms with E-state index in [0.717, 1.165) is 11.3 Å². The van der Waals surface area contributed by atoms with Gasteiger partial charge in [0.25, 0.3) is 5.69 Å². The first kappa shape index (κ1) is 16.9. The Morgan fingerprint density at radius 3 is 2.68 bits per heavy atom. The van der Waals surface area contributed by atoms with Crippen LogP contribution in [0.1, 0.15) is 11.1 Å². The van der Waals surface area contributed by atoms with Crippen LogP contribution in [0, 0.1) is 10.1 Å².